The molecule has 3 rings (SSSR count). The third-order valence-electron chi connectivity index (χ3n) is 3.73. The Morgan fingerprint density at radius 2 is 2.18 bits per heavy atom. The Balaban J connectivity index is 1.81. The molecule has 0 bridgehead atoms. The standard InChI is InChI=1S/C14H18N2O3S3/c1-10-14(11(2)19-15-10)22(17,18)16-6-5-13(21-9-7-16)12-4-3-8-20-12/h3-4,8,13H,5-7,9H2,1-2H3. The molecule has 1 fully saturated rings. The van der Waals surface area contributed by atoms with Crippen LogP contribution in [0, 0.1) is 13.8 Å². The highest BCUT2D eigenvalue weighted by atomic mass is 32.2. The van der Waals surface area contributed by atoms with Crippen LogP contribution in [0.4, 0.5) is 0 Å². The molecule has 2 aromatic heterocycles. The van der Waals surface area contributed by atoms with Crippen molar-refractivity contribution in [1.82, 2.24) is 9.46 Å². The Morgan fingerprint density at radius 1 is 1.36 bits per heavy atom. The summed E-state index contributed by atoms with van der Waals surface area (Å²) in [5.41, 5.74) is 0.434. The molecule has 1 aliphatic heterocycles. The molecule has 0 amide bonds. The molecule has 1 unspecified atom stereocenters. The van der Waals surface area contributed by atoms with Crippen molar-refractivity contribution in [2.45, 2.75) is 30.4 Å². The van der Waals surface area contributed by atoms with Gasteiger partial charge in [0.25, 0.3) is 0 Å². The first-order chi connectivity index (χ1) is 10.5. The Hall–Kier alpha value is -0.830. The second kappa shape index (κ2) is 6.35. The number of hydrogen-bond donors (Lipinski definition) is 0. The minimum atomic E-state index is -3.53. The summed E-state index contributed by atoms with van der Waals surface area (Å²) < 4.78 is 32.3. The fourth-order valence-electron chi connectivity index (χ4n) is 2.66. The summed E-state index contributed by atoms with van der Waals surface area (Å²) in [6, 6.07) is 4.17. The number of thiophene rings is 1. The molecule has 120 valence electrons. The number of thioether (sulfide) groups is 1. The Kier molecular flexibility index (Phi) is 4.63. The smallest absolute Gasteiger partial charge is 0.248 e. The van der Waals surface area contributed by atoms with E-state index in [4.69, 9.17) is 4.52 Å². The van der Waals surface area contributed by atoms with Crippen molar-refractivity contribution in [3.8, 4) is 0 Å². The van der Waals surface area contributed by atoms with Crippen LogP contribution in [0.3, 0.4) is 0 Å². The van der Waals surface area contributed by atoms with Gasteiger partial charge < -0.3 is 4.52 Å². The van der Waals surface area contributed by atoms with Crippen LogP contribution >= 0.6 is 23.1 Å². The summed E-state index contributed by atoms with van der Waals surface area (Å²) in [5, 5.41) is 6.22. The lowest BCUT2D eigenvalue weighted by molar-refractivity contribution is 0.388. The van der Waals surface area contributed by atoms with Crippen molar-refractivity contribution in [3.63, 3.8) is 0 Å². The van der Waals surface area contributed by atoms with E-state index in [1.54, 1.807) is 29.5 Å². The largest absolute Gasteiger partial charge is 0.360 e. The maximum atomic E-state index is 12.9. The number of aromatic nitrogens is 1. The summed E-state index contributed by atoms with van der Waals surface area (Å²) in [6.45, 7) is 4.37. The number of rotatable bonds is 3. The van der Waals surface area contributed by atoms with Gasteiger partial charge in [-0.2, -0.15) is 16.1 Å². The SMILES string of the molecule is Cc1noc(C)c1S(=O)(=O)N1CCSC(c2cccs2)CC1. The van der Waals surface area contributed by atoms with Gasteiger partial charge in [0, 0.05) is 29.0 Å². The molecule has 0 aromatic carbocycles. The van der Waals surface area contributed by atoms with Gasteiger partial charge >= 0.3 is 0 Å². The minimum Gasteiger partial charge on any atom is -0.360 e. The fraction of sp³-hybridized carbons (Fsp3) is 0.500. The van der Waals surface area contributed by atoms with E-state index in [0.29, 0.717) is 29.8 Å². The molecule has 0 aliphatic carbocycles. The first-order valence-corrected chi connectivity index (χ1v) is 10.4. The summed E-state index contributed by atoms with van der Waals surface area (Å²) in [6.07, 6.45) is 0.827. The van der Waals surface area contributed by atoms with Gasteiger partial charge in [-0.05, 0) is 31.7 Å². The monoisotopic (exact) mass is 358 g/mol. The van der Waals surface area contributed by atoms with Crippen molar-refractivity contribution in [3.05, 3.63) is 33.8 Å². The predicted octanol–water partition coefficient (Wildman–Crippen LogP) is 3.22. The van der Waals surface area contributed by atoms with Crippen molar-refractivity contribution < 1.29 is 12.9 Å². The molecule has 0 N–H and O–H groups in total. The van der Waals surface area contributed by atoms with Gasteiger partial charge in [-0.1, -0.05) is 11.2 Å². The van der Waals surface area contributed by atoms with Crippen LogP contribution in [-0.2, 0) is 10.0 Å². The molecule has 5 nitrogen and oxygen atoms in total. The van der Waals surface area contributed by atoms with Gasteiger partial charge in [0.1, 0.15) is 10.6 Å². The van der Waals surface area contributed by atoms with Crippen LogP contribution in [0.15, 0.2) is 26.9 Å². The highest BCUT2D eigenvalue weighted by Crippen LogP contribution is 2.38. The Bertz CT molecular complexity index is 718. The molecular weight excluding hydrogens is 340 g/mol. The van der Waals surface area contributed by atoms with E-state index < -0.39 is 10.0 Å². The minimum absolute atomic E-state index is 0.229. The molecule has 0 radical (unpaired) electrons. The first-order valence-electron chi connectivity index (χ1n) is 7.08. The van der Waals surface area contributed by atoms with E-state index in [1.807, 2.05) is 17.8 Å². The molecule has 2 aromatic rings. The quantitative estimate of drug-likeness (QED) is 0.843. The summed E-state index contributed by atoms with van der Waals surface area (Å²) in [5.74, 6) is 1.16. The van der Waals surface area contributed by atoms with Gasteiger partial charge in [-0.15, -0.1) is 11.3 Å². The lowest BCUT2D eigenvalue weighted by Gasteiger charge is -2.19. The second-order valence-electron chi connectivity index (χ2n) is 5.22. The molecule has 1 saturated heterocycles. The molecule has 3 heterocycles. The lowest BCUT2D eigenvalue weighted by Crippen LogP contribution is -2.33. The average molecular weight is 359 g/mol. The van der Waals surface area contributed by atoms with Crippen LogP contribution in [0.5, 0.6) is 0 Å². The summed E-state index contributed by atoms with van der Waals surface area (Å²) in [4.78, 5) is 1.55. The van der Waals surface area contributed by atoms with Crippen molar-refractivity contribution in [2.75, 3.05) is 18.8 Å². The maximum absolute atomic E-state index is 12.9. The lowest BCUT2D eigenvalue weighted by atomic mass is 10.2. The molecular formula is C14H18N2O3S3. The van der Waals surface area contributed by atoms with Gasteiger partial charge in [0.2, 0.25) is 10.0 Å². The van der Waals surface area contributed by atoms with E-state index in [9.17, 15) is 8.42 Å². The fourth-order valence-corrected chi connectivity index (χ4v) is 6.76. The van der Waals surface area contributed by atoms with Crippen LogP contribution < -0.4 is 0 Å². The number of sulfonamides is 1. The normalized spacial score (nSPS) is 20.9. The van der Waals surface area contributed by atoms with Crippen molar-refractivity contribution >= 4 is 33.1 Å². The van der Waals surface area contributed by atoms with Crippen molar-refractivity contribution in [1.29, 1.82) is 0 Å². The number of aryl methyl sites for hydroxylation is 2. The van der Waals surface area contributed by atoms with E-state index in [1.165, 1.54) is 4.88 Å². The molecule has 0 saturated carbocycles. The first kappa shape index (κ1) is 16.0. The van der Waals surface area contributed by atoms with Gasteiger partial charge in [-0.3, -0.25) is 0 Å². The second-order valence-corrected chi connectivity index (χ2v) is 9.39. The van der Waals surface area contributed by atoms with Crippen LogP contribution in [0.1, 0.15) is 28.0 Å². The van der Waals surface area contributed by atoms with Gasteiger partial charge in [0.05, 0.1) is 0 Å². The molecule has 8 heteroatoms. The molecule has 22 heavy (non-hydrogen) atoms. The van der Waals surface area contributed by atoms with E-state index in [-0.39, 0.29) is 4.90 Å². The highest BCUT2D eigenvalue weighted by molar-refractivity contribution is 7.99. The van der Waals surface area contributed by atoms with E-state index in [2.05, 4.69) is 16.6 Å². The van der Waals surface area contributed by atoms with Gasteiger partial charge in [0.15, 0.2) is 5.76 Å². The predicted molar refractivity (Wildman–Crippen MR) is 88.9 cm³/mol. The zero-order valence-corrected chi connectivity index (χ0v) is 14.9. The van der Waals surface area contributed by atoms with Gasteiger partial charge in [-0.25, -0.2) is 8.42 Å². The molecule has 1 aliphatic rings. The zero-order valence-electron chi connectivity index (χ0n) is 12.5. The van der Waals surface area contributed by atoms with Crippen molar-refractivity contribution in [2.24, 2.45) is 0 Å². The Labute approximate surface area is 138 Å². The summed E-state index contributed by atoms with van der Waals surface area (Å²) >= 11 is 3.57. The topological polar surface area (TPSA) is 63.4 Å². The number of nitrogens with zero attached hydrogens (tertiary/aromatic N) is 2. The number of hydrogen-bond acceptors (Lipinski definition) is 6. The van der Waals surface area contributed by atoms with E-state index in [0.717, 1.165) is 12.2 Å². The van der Waals surface area contributed by atoms with E-state index >= 15 is 0 Å². The third kappa shape index (κ3) is 2.97. The van der Waals surface area contributed by atoms with Crippen LogP contribution in [0.25, 0.3) is 0 Å². The van der Waals surface area contributed by atoms with Crippen LogP contribution in [0.2, 0.25) is 0 Å². The molecule has 1 atom stereocenters. The maximum Gasteiger partial charge on any atom is 0.248 e. The zero-order chi connectivity index (χ0) is 15.7. The molecule has 0 spiro atoms. The van der Waals surface area contributed by atoms with Crippen LogP contribution in [-0.4, -0.2) is 36.7 Å². The third-order valence-corrected chi connectivity index (χ3v) is 8.32. The summed E-state index contributed by atoms with van der Waals surface area (Å²) in [7, 11) is -3.53. The highest BCUT2D eigenvalue weighted by Gasteiger charge is 2.33. The Morgan fingerprint density at radius 3 is 2.82 bits per heavy atom. The average Bonchev–Trinajstić information content (AvgIpc) is 3.03.